The van der Waals surface area contributed by atoms with Gasteiger partial charge in [0.25, 0.3) is 0 Å². The van der Waals surface area contributed by atoms with Crippen molar-refractivity contribution in [2.24, 2.45) is 4.99 Å². The summed E-state index contributed by atoms with van der Waals surface area (Å²) >= 11 is 0. The number of hydrogen-bond acceptors (Lipinski definition) is 3. The Labute approximate surface area is 149 Å². The molecule has 1 unspecified atom stereocenters. The van der Waals surface area contributed by atoms with E-state index in [1.54, 1.807) is 0 Å². The van der Waals surface area contributed by atoms with E-state index < -0.39 is 0 Å². The van der Waals surface area contributed by atoms with Crippen LogP contribution in [0.25, 0.3) is 0 Å². The highest BCUT2D eigenvalue weighted by molar-refractivity contribution is 14.0. The number of nitrogens with zero attached hydrogens (tertiary/aromatic N) is 1. The summed E-state index contributed by atoms with van der Waals surface area (Å²) in [7, 11) is 0. The molecule has 0 aromatic heterocycles. The number of aliphatic imine (C=N–C) groups is 1. The summed E-state index contributed by atoms with van der Waals surface area (Å²) in [4.78, 5) is 4.58. The van der Waals surface area contributed by atoms with Crippen molar-refractivity contribution in [3.63, 3.8) is 0 Å². The van der Waals surface area contributed by atoms with Crippen LogP contribution < -0.4 is 20.1 Å². The van der Waals surface area contributed by atoms with E-state index in [0.717, 1.165) is 24.0 Å². The molecule has 0 saturated carbocycles. The van der Waals surface area contributed by atoms with Crippen LogP contribution >= 0.6 is 24.0 Å². The second-order valence-corrected chi connectivity index (χ2v) is 6.09. The van der Waals surface area contributed by atoms with Gasteiger partial charge >= 0.3 is 0 Å². The highest BCUT2D eigenvalue weighted by atomic mass is 127. The number of benzene rings is 1. The van der Waals surface area contributed by atoms with Crippen LogP contribution in [0.1, 0.15) is 27.7 Å². The highest BCUT2D eigenvalue weighted by Crippen LogP contribution is 2.30. The number of hydrogen-bond donors (Lipinski definition) is 2. The SMILES string of the molecule is CCNC(=NCC1COc2ccccc2O1)NC(C)(C)C.I. The van der Waals surface area contributed by atoms with Gasteiger partial charge in [0.1, 0.15) is 6.61 Å². The summed E-state index contributed by atoms with van der Waals surface area (Å²) < 4.78 is 11.6. The van der Waals surface area contributed by atoms with E-state index in [-0.39, 0.29) is 35.6 Å². The van der Waals surface area contributed by atoms with Crippen molar-refractivity contribution in [1.29, 1.82) is 0 Å². The van der Waals surface area contributed by atoms with Crippen LogP contribution in [0.3, 0.4) is 0 Å². The van der Waals surface area contributed by atoms with Crippen molar-refractivity contribution in [2.75, 3.05) is 19.7 Å². The minimum absolute atomic E-state index is 0. The third-order valence-electron chi connectivity index (χ3n) is 2.86. The predicted octanol–water partition coefficient (Wildman–Crippen LogP) is 2.80. The van der Waals surface area contributed by atoms with Crippen molar-refractivity contribution < 1.29 is 9.47 Å². The first-order chi connectivity index (χ1) is 9.98. The largest absolute Gasteiger partial charge is 0.486 e. The molecule has 0 spiro atoms. The Balaban J connectivity index is 0.00000242. The number of guanidine groups is 1. The van der Waals surface area contributed by atoms with Crippen LogP contribution in [0.5, 0.6) is 11.5 Å². The second-order valence-electron chi connectivity index (χ2n) is 6.09. The van der Waals surface area contributed by atoms with Gasteiger partial charge < -0.3 is 20.1 Å². The van der Waals surface area contributed by atoms with E-state index in [1.165, 1.54) is 0 Å². The van der Waals surface area contributed by atoms with Gasteiger partial charge in [-0.1, -0.05) is 12.1 Å². The molecule has 1 aliphatic rings. The molecular weight excluding hydrogens is 393 g/mol. The average Bonchev–Trinajstić information content (AvgIpc) is 2.43. The molecule has 2 rings (SSSR count). The fraction of sp³-hybridized carbons (Fsp3) is 0.562. The molecule has 5 nitrogen and oxygen atoms in total. The normalized spacial score (nSPS) is 17.5. The molecule has 22 heavy (non-hydrogen) atoms. The minimum atomic E-state index is -0.0599. The lowest BCUT2D eigenvalue weighted by atomic mass is 10.1. The van der Waals surface area contributed by atoms with Crippen LogP contribution in [-0.2, 0) is 0 Å². The van der Waals surface area contributed by atoms with Gasteiger partial charge in [0, 0.05) is 12.1 Å². The maximum absolute atomic E-state index is 5.90. The first kappa shape index (κ1) is 18.9. The number of halogens is 1. The van der Waals surface area contributed by atoms with E-state index in [0.29, 0.717) is 13.2 Å². The Morgan fingerprint density at radius 3 is 2.59 bits per heavy atom. The average molecular weight is 419 g/mol. The van der Waals surface area contributed by atoms with Gasteiger partial charge in [-0.25, -0.2) is 4.99 Å². The third kappa shape index (κ3) is 5.90. The first-order valence-electron chi connectivity index (χ1n) is 7.43. The van der Waals surface area contributed by atoms with E-state index in [4.69, 9.17) is 9.47 Å². The number of rotatable bonds is 3. The van der Waals surface area contributed by atoms with Crippen LogP contribution in [0.15, 0.2) is 29.3 Å². The third-order valence-corrected chi connectivity index (χ3v) is 2.86. The van der Waals surface area contributed by atoms with E-state index in [1.807, 2.05) is 24.3 Å². The maximum Gasteiger partial charge on any atom is 0.191 e. The zero-order valence-corrected chi connectivity index (χ0v) is 16.0. The van der Waals surface area contributed by atoms with Crippen LogP contribution in [0.4, 0.5) is 0 Å². The molecule has 1 heterocycles. The van der Waals surface area contributed by atoms with Gasteiger partial charge in [-0.2, -0.15) is 0 Å². The molecule has 1 atom stereocenters. The fourth-order valence-electron chi connectivity index (χ4n) is 2.01. The smallest absolute Gasteiger partial charge is 0.191 e. The van der Waals surface area contributed by atoms with Gasteiger partial charge in [-0.15, -0.1) is 24.0 Å². The number of fused-ring (bicyclic) bond motifs is 1. The molecule has 0 bridgehead atoms. The molecule has 1 aromatic carbocycles. The Kier molecular flexibility index (Phi) is 7.25. The van der Waals surface area contributed by atoms with Crippen molar-refractivity contribution in [3.05, 3.63) is 24.3 Å². The molecular formula is C16H26IN3O2. The Bertz CT molecular complexity index is 500. The molecule has 124 valence electrons. The molecule has 1 aliphatic heterocycles. The van der Waals surface area contributed by atoms with Crippen LogP contribution in [0, 0.1) is 0 Å². The lowest BCUT2D eigenvalue weighted by molar-refractivity contribution is 0.0971. The predicted molar refractivity (Wildman–Crippen MR) is 101 cm³/mol. The summed E-state index contributed by atoms with van der Waals surface area (Å²) in [5.41, 5.74) is -0.0302. The van der Waals surface area contributed by atoms with Gasteiger partial charge in [0.15, 0.2) is 23.6 Å². The summed E-state index contributed by atoms with van der Waals surface area (Å²) in [6, 6.07) is 7.72. The molecule has 0 radical (unpaired) electrons. The van der Waals surface area contributed by atoms with Gasteiger partial charge in [-0.05, 0) is 39.8 Å². The number of para-hydroxylation sites is 2. The molecule has 6 heteroatoms. The molecule has 0 aliphatic carbocycles. The van der Waals surface area contributed by atoms with E-state index >= 15 is 0 Å². The zero-order valence-electron chi connectivity index (χ0n) is 13.7. The molecule has 2 N–H and O–H groups in total. The quantitative estimate of drug-likeness (QED) is 0.450. The van der Waals surface area contributed by atoms with Crippen LogP contribution in [0.2, 0.25) is 0 Å². The van der Waals surface area contributed by atoms with E-state index in [9.17, 15) is 0 Å². The Hall–Kier alpha value is -1.18. The monoisotopic (exact) mass is 419 g/mol. The van der Waals surface area contributed by atoms with Crippen molar-refractivity contribution in [2.45, 2.75) is 39.3 Å². The maximum atomic E-state index is 5.90. The number of nitrogens with one attached hydrogen (secondary N) is 2. The van der Waals surface area contributed by atoms with Gasteiger partial charge in [0.05, 0.1) is 6.54 Å². The fourth-order valence-corrected chi connectivity index (χ4v) is 2.01. The van der Waals surface area contributed by atoms with Crippen molar-refractivity contribution >= 4 is 29.9 Å². The lowest BCUT2D eigenvalue weighted by Crippen LogP contribution is -2.48. The highest BCUT2D eigenvalue weighted by Gasteiger charge is 2.20. The van der Waals surface area contributed by atoms with Gasteiger partial charge in [0.2, 0.25) is 0 Å². The summed E-state index contributed by atoms with van der Waals surface area (Å²) in [5.74, 6) is 2.39. The zero-order chi connectivity index (χ0) is 15.3. The molecule has 1 aromatic rings. The summed E-state index contributed by atoms with van der Waals surface area (Å²) in [5, 5.41) is 6.60. The van der Waals surface area contributed by atoms with Gasteiger partial charge in [-0.3, -0.25) is 0 Å². The second kappa shape index (κ2) is 8.45. The standard InChI is InChI=1S/C16H25N3O2.HI/c1-5-17-15(19-16(2,3)4)18-10-12-11-20-13-8-6-7-9-14(13)21-12;/h6-9,12H,5,10-11H2,1-4H3,(H2,17,18,19);1H. The Morgan fingerprint density at radius 2 is 1.95 bits per heavy atom. The minimum Gasteiger partial charge on any atom is -0.486 e. The summed E-state index contributed by atoms with van der Waals surface area (Å²) in [6.07, 6.45) is -0.0599. The van der Waals surface area contributed by atoms with Crippen molar-refractivity contribution in [3.8, 4) is 11.5 Å². The Morgan fingerprint density at radius 1 is 1.27 bits per heavy atom. The van der Waals surface area contributed by atoms with Crippen LogP contribution in [-0.4, -0.2) is 37.3 Å². The molecule has 0 amide bonds. The molecule has 0 saturated heterocycles. The first-order valence-corrected chi connectivity index (χ1v) is 7.43. The summed E-state index contributed by atoms with van der Waals surface area (Å²) in [6.45, 7) is 10.3. The lowest BCUT2D eigenvalue weighted by Gasteiger charge is -2.27. The molecule has 0 fully saturated rings. The van der Waals surface area contributed by atoms with Crippen molar-refractivity contribution in [1.82, 2.24) is 10.6 Å². The number of ether oxygens (including phenoxy) is 2. The van der Waals surface area contributed by atoms with E-state index in [2.05, 4.69) is 43.3 Å². The topological polar surface area (TPSA) is 54.9 Å².